The van der Waals surface area contributed by atoms with Crippen LogP contribution in [0.5, 0.6) is 11.6 Å². The number of pyridine rings is 1. The van der Waals surface area contributed by atoms with Crippen molar-refractivity contribution in [3.63, 3.8) is 0 Å². The van der Waals surface area contributed by atoms with Crippen molar-refractivity contribution in [1.29, 1.82) is 0 Å². The van der Waals surface area contributed by atoms with Gasteiger partial charge in [0.2, 0.25) is 0 Å². The molecule has 0 unspecified atom stereocenters. The number of aliphatic hydroxyl groups excluding tert-OH is 1. The highest BCUT2D eigenvalue weighted by Crippen LogP contribution is 2.34. The molecule has 2 aliphatic rings. The number of aromatic nitrogens is 2. The minimum Gasteiger partial charge on any atom is -0.491 e. The first kappa shape index (κ1) is 25.6. The first-order valence-electron chi connectivity index (χ1n) is 12.4. The summed E-state index contributed by atoms with van der Waals surface area (Å²) in [6, 6.07) is 11.3. The number of ether oxygens (including phenoxy) is 5. The SMILES string of the molecule is COCCOc1cc(F)c(-c2ccc(-c3nc4cc(O[C@@H]5CO[C@H]6[C@@H]5OC[C@H]6O)[nH]c4cc3F)cc2)c(F)c1. The summed E-state index contributed by atoms with van der Waals surface area (Å²) < 4.78 is 71.8. The number of halogens is 3. The van der Waals surface area contributed by atoms with Crippen LogP contribution in [0.4, 0.5) is 13.2 Å². The molecule has 204 valence electrons. The number of aromatic amines is 1. The molecule has 2 aliphatic heterocycles. The molecule has 6 rings (SSSR count). The van der Waals surface area contributed by atoms with E-state index >= 15 is 4.39 Å². The van der Waals surface area contributed by atoms with Crippen LogP contribution in [0.1, 0.15) is 0 Å². The monoisotopic (exact) mass is 542 g/mol. The molecule has 8 nitrogen and oxygen atoms in total. The molecule has 2 aromatic heterocycles. The third kappa shape index (κ3) is 4.94. The van der Waals surface area contributed by atoms with Crippen molar-refractivity contribution in [3.8, 4) is 34.0 Å². The highest BCUT2D eigenvalue weighted by molar-refractivity contribution is 5.81. The maximum Gasteiger partial charge on any atom is 0.193 e. The van der Waals surface area contributed by atoms with Gasteiger partial charge in [0.15, 0.2) is 17.8 Å². The number of aliphatic hydroxyl groups is 1. The number of hydrogen-bond donors (Lipinski definition) is 2. The van der Waals surface area contributed by atoms with Crippen LogP contribution in [0, 0.1) is 17.5 Å². The molecule has 4 aromatic rings. The van der Waals surface area contributed by atoms with E-state index in [1.54, 1.807) is 18.2 Å². The average molecular weight is 543 g/mol. The van der Waals surface area contributed by atoms with Crippen LogP contribution in [0.25, 0.3) is 33.4 Å². The second kappa shape index (κ2) is 10.5. The molecule has 2 saturated heterocycles. The first-order chi connectivity index (χ1) is 18.9. The number of methoxy groups -OCH3 is 1. The maximum atomic E-state index is 15.0. The largest absolute Gasteiger partial charge is 0.491 e. The van der Waals surface area contributed by atoms with Gasteiger partial charge in [0.05, 0.1) is 36.4 Å². The Balaban J connectivity index is 1.22. The Kier molecular flexibility index (Phi) is 6.90. The fourth-order valence-corrected chi connectivity index (χ4v) is 4.93. The van der Waals surface area contributed by atoms with Crippen molar-refractivity contribution in [2.45, 2.75) is 24.4 Å². The van der Waals surface area contributed by atoms with Crippen LogP contribution >= 0.6 is 0 Å². The van der Waals surface area contributed by atoms with Gasteiger partial charge in [0.25, 0.3) is 0 Å². The van der Waals surface area contributed by atoms with Gasteiger partial charge in [-0.3, -0.25) is 0 Å². The van der Waals surface area contributed by atoms with Gasteiger partial charge in [-0.2, -0.15) is 0 Å². The average Bonchev–Trinajstić information content (AvgIpc) is 3.60. The van der Waals surface area contributed by atoms with E-state index in [0.717, 1.165) is 12.1 Å². The number of hydrogen-bond acceptors (Lipinski definition) is 7. The highest BCUT2D eigenvalue weighted by Gasteiger charge is 2.48. The second-order valence-corrected chi connectivity index (χ2v) is 9.39. The summed E-state index contributed by atoms with van der Waals surface area (Å²) >= 11 is 0. The fraction of sp³-hybridized carbons (Fsp3) is 0.321. The van der Waals surface area contributed by atoms with E-state index in [-0.39, 0.29) is 55.1 Å². The van der Waals surface area contributed by atoms with E-state index in [1.807, 2.05) is 0 Å². The summed E-state index contributed by atoms with van der Waals surface area (Å²) in [7, 11) is 1.50. The smallest absolute Gasteiger partial charge is 0.193 e. The molecular formula is C28H25F3N2O6. The Morgan fingerprint density at radius 3 is 2.38 bits per heavy atom. The molecule has 4 heterocycles. The van der Waals surface area contributed by atoms with Crippen LogP contribution < -0.4 is 9.47 Å². The summed E-state index contributed by atoms with van der Waals surface area (Å²) in [5.74, 6) is -1.71. The number of H-pyrrole nitrogens is 1. The fourth-order valence-electron chi connectivity index (χ4n) is 4.93. The molecular weight excluding hydrogens is 517 g/mol. The van der Waals surface area contributed by atoms with Crippen molar-refractivity contribution in [1.82, 2.24) is 9.97 Å². The Bertz CT molecular complexity index is 1470. The van der Waals surface area contributed by atoms with Gasteiger partial charge >= 0.3 is 0 Å². The number of rotatable bonds is 8. The van der Waals surface area contributed by atoms with E-state index in [2.05, 4.69) is 9.97 Å². The number of fused-ring (bicyclic) bond motifs is 2. The van der Waals surface area contributed by atoms with E-state index in [0.29, 0.717) is 22.5 Å². The molecule has 0 aliphatic carbocycles. The molecule has 0 bridgehead atoms. The van der Waals surface area contributed by atoms with Crippen molar-refractivity contribution >= 4 is 11.0 Å². The molecule has 0 radical (unpaired) electrons. The van der Waals surface area contributed by atoms with Crippen LogP contribution in [-0.2, 0) is 14.2 Å². The predicted octanol–water partition coefficient (Wildman–Crippen LogP) is 4.25. The molecule has 39 heavy (non-hydrogen) atoms. The number of nitrogens with zero attached hydrogens (tertiary/aromatic N) is 1. The summed E-state index contributed by atoms with van der Waals surface area (Å²) in [4.78, 5) is 7.44. The Morgan fingerprint density at radius 2 is 1.64 bits per heavy atom. The van der Waals surface area contributed by atoms with Crippen molar-refractivity contribution in [3.05, 3.63) is 66.0 Å². The zero-order valence-corrected chi connectivity index (χ0v) is 20.8. The van der Waals surface area contributed by atoms with Gasteiger partial charge in [-0.25, -0.2) is 18.2 Å². The molecule has 11 heteroatoms. The van der Waals surface area contributed by atoms with Gasteiger partial charge < -0.3 is 33.8 Å². The maximum absolute atomic E-state index is 15.0. The van der Waals surface area contributed by atoms with Crippen LogP contribution in [0.15, 0.2) is 48.5 Å². The van der Waals surface area contributed by atoms with E-state index < -0.39 is 35.8 Å². The molecule has 0 saturated carbocycles. The quantitative estimate of drug-likeness (QED) is 0.322. The predicted molar refractivity (Wildman–Crippen MR) is 134 cm³/mol. The van der Waals surface area contributed by atoms with E-state index in [9.17, 15) is 13.9 Å². The summed E-state index contributed by atoms with van der Waals surface area (Å²) in [5, 5.41) is 9.91. The van der Waals surface area contributed by atoms with Gasteiger partial charge in [-0.15, -0.1) is 0 Å². The lowest BCUT2D eigenvalue weighted by Gasteiger charge is -2.16. The van der Waals surface area contributed by atoms with Gasteiger partial charge in [0, 0.05) is 36.9 Å². The molecule has 4 atom stereocenters. The van der Waals surface area contributed by atoms with Crippen molar-refractivity contribution in [2.24, 2.45) is 0 Å². The molecule has 2 N–H and O–H groups in total. The summed E-state index contributed by atoms with van der Waals surface area (Å²) in [6.45, 7) is 0.891. The molecule has 0 spiro atoms. The lowest BCUT2D eigenvalue weighted by molar-refractivity contribution is 0.00794. The van der Waals surface area contributed by atoms with Gasteiger partial charge in [-0.05, 0) is 5.56 Å². The minimum absolute atomic E-state index is 0.0606. The Morgan fingerprint density at radius 1 is 0.923 bits per heavy atom. The second-order valence-electron chi connectivity index (χ2n) is 9.39. The van der Waals surface area contributed by atoms with Crippen LogP contribution in [0.2, 0.25) is 0 Å². The van der Waals surface area contributed by atoms with E-state index in [1.165, 1.54) is 25.3 Å². The zero-order chi connectivity index (χ0) is 27.1. The Labute approximate surface area is 221 Å². The lowest BCUT2D eigenvalue weighted by Crippen LogP contribution is -2.34. The first-order valence-corrected chi connectivity index (χ1v) is 12.4. The van der Waals surface area contributed by atoms with Crippen molar-refractivity contribution in [2.75, 3.05) is 33.5 Å². The van der Waals surface area contributed by atoms with Crippen molar-refractivity contribution < 1.29 is 42.0 Å². The number of benzene rings is 2. The van der Waals surface area contributed by atoms with Gasteiger partial charge in [0.1, 0.15) is 48.0 Å². The molecule has 2 aromatic carbocycles. The normalized spacial score (nSPS) is 22.4. The molecule has 2 fully saturated rings. The van der Waals surface area contributed by atoms with E-state index in [4.69, 9.17) is 23.7 Å². The highest BCUT2D eigenvalue weighted by atomic mass is 19.1. The lowest BCUT2D eigenvalue weighted by atomic mass is 10.0. The minimum atomic E-state index is -0.780. The summed E-state index contributed by atoms with van der Waals surface area (Å²) in [5.41, 5.74) is 1.48. The standard InChI is InChI=1S/C28H25F3N2O6/c1-35-6-7-36-16-8-17(29)25(18(30)9-16)14-2-4-15(5-3-14)26-19(31)10-20-21(33-26)11-24(32-20)39-23-13-38-27-22(34)12-37-28(23)27/h2-5,8-11,22-23,27-28,32,34H,6-7,12-13H2,1H3/t22-,23-,27-,28-/m1/s1. The third-order valence-electron chi connectivity index (χ3n) is 6.81. The van der Waals surface area contributed by atoms with Crippen LogP contribution in [0.3, 0.4) is 0 Å². The van der Waals surface area contributed by atoms with Crippen LogP contribution in [-0.4, -0.2) is 73.0 Å². The summed E-state index contributed by atoms with van der Waals surface area (Å²) in [6.07, 6.45) is -1.94. The Hall–Kier alpha value is -3.64. The topological polar surface area (TPSA) is 95.1 Å². The van der Waals surface area contributed by atoms with Gasteiger partial charge in [-0.1, -0.05) is 24.3 Å². The zero-order valence-electron chi connectivity index (χ0n) is 20.8. The number of nitrogens with one attached hydrogen (secondary N) is 1. The molecule has 0 amide bonds. The third-order valence-corrected chi connectivity index (χ3v) is 6.81.